The predicted molar refractivity (Wildman–Crippen MR) is 70.6 cm³/mol. The molecule has 1 N–H and O–H groups in total. The van der Waals surface area contributed by atoms with Crippen molar-refractivity contribution < 1.29 is 24.1 Å². The molecule has 0 radical (unpaired) electrons. The van der Waals surface area contributed by atoms with Gasteiger partial charge in [-0.25, -0.2) is 4.79 Å². The molecule has 0 heterocycles. The number of carboxylic acids is 1. The third-order valence-corrected chi connectivity index (χ3v) is 2.89. The fourth-order valence-corrected chi connectivity index (χ4v) is 1.95. The van der Waals surface area contributed by atoms with Crippen molar-refractivity contribution in [3.63, 3.8) is 0 Å². The molecule has 0 unspecified atom stereocenters. The molecular formula is C14H14O5. The first-order valence-corrected chi connectivity index (χ1v) is 5.57. The highest BCUT2D eigenvalue weighted by Crippen LogP contribution is 2.37. The SMILES string of the molecule is COc1cc(OC)c2cc(C(=O)O)cc(OC)c2c1. The van der Waals surface area contributed by atoms with Gasteiger partial charge in [0.15, 0.2) is 0 Å². The van der Waals surface area contributed by atoms with Gasteiger partial charge in [-0.1, -0.05) is 0 Å². The van der Waals surface area contributed by atoms with Gasteiger partial charge >= 0.3 is 5.97 Å². The Morgan fingerprint density at radius 2 is 1.47 bits per heavy atom. The second-order valence-electron chi connectivity index (χ2n) is 3.91. The van der Waals surface area contributed by atoms with E-state index in [1.54, 1.807) is 25.3 Å². The first-order chi connectivity index (χ1) is 9.10. The highest BCUT2D eigenvalue weighted by Gasteiger charge is 2.14. The van der Waals surface area contributed by atoms with Crippen LogP contribution in [-0.2, 0) is 0 Å². The Bertz CT molecular complexity index is 633. The topological polar surface area (TPSA) is 65.0 Å². The second-order valence-corrected chi connectivity index (χ2v) is 3.91. The molecule has 0 atom stereocenters. The number of benzene rings is 2. The number of fused-ring (bicyclic) bond motifs is 1. The molecule has 0 aliphatic carbocycles. The van der Waals surface area contributed by atoms with Crippen LogP contribution in [0.3, 0.4) is 0 Å². The lowest BCUT2D eigenvalue weighted by atomic mass is 10.0. The molecule has 0 saturated heterocycles. The molecule has 0 amide bonds. The number of methoxy groups -OCH3 is 3. The van der Waals surface area contributed by atoms with E-state index in [-0.39, 0.29) is 5.56 Å². The lowest BCUT2D eigenvalue weighted by Crippen LogP contribution is -1.99. The first kappa shape index (κ1) is 13.0. The highest BCUT2D eigenvalue weighted by molar-refractivity contribution is 6.00. The minimum atomic E-state index is -1.02. The monoisotopic (exact) mass is 262 g/mol. The van der Waals surface area contributed by atoms with Gasteiger partial charge in [0.25, 0.3) is 0 Å². The molecule has 2 aromatic rings. The van der Waals surface area contributed by atoms with Crippen LogP contribution in [0.2, 0.25) is 0 Å². The van der Waals surface area contributed by atoms with Crippen molar-refractivity contribution in [2.24, 2.45) is 0 Å². The maximum Gasteiger partial charge on any atom is 0.335 e. The van der Waals surface area contributed by atoms with Crippen LogP contribution in [0, 0.1) is 0 Å². The molecule has 19 heavy (non-hydrogen) atoms. The average molecular weight is 262 g/mol. The number of rotatable bonds is 4. The summed E-state index contributed by atoms with van der Waals surface area (Å²) in [5.74, 6) is 0.603. The van der Waals surface area contributed by atoms with E-state index in [2.05, 4.69) is 0 Å². The molecule has 5 heteroatoms. The summed E-state index contributed by atoms with van der Waals surface area (Å²) in [5.41, 5.74) is 0.146. The third-order valence-electron chi connectivity index (χ3n) is 2.89. The molecule has 0 fully saturated rings. The summed E-state index contributed by atoms with van der Waals surface area (Å²) in [6, 6.07) is 6.51. The van der Waals surface area contributed by atoms with Gasteiger partial charge in [-0.3, -0.25) is 0 Å². The number of hydrogen-bond donors (Lipinski definition) is 1. The van der Waals surface area contributed by atoms with Crippen molar-refractivity contribution in [3.05, 3.63) is 29.8 Å². The highest BCUT2D eigenvalue weighted by atomic mass is 16.5. The zero-order valence-corrected chi connectivity index (χ0v) is 10.9. The van der Waals surface area contributed by atoms with Crippen LogP contribution in [-0.4, -0.2) is 32.4 Å². The van der Waals surface area contributed by atoms with Crippen molar-refractivity contribution in [2.75, 3.05) is 21.3 Å². The largest absolute Gasteiger partial charge is 0.497 e. The van der Waals surface area contributed by atoms with E-state index < -0.39 is 5.97 Å². The number of carbonyl (C=O) groups is 1. The van der Waals surface area contributed by atoms with Crippen LogP contribution in [0.5, 0.6) is 17.2 Å². The Morgan fingerprint density at radius 1 is 0.895 bits per heavy atom. The normalized spacial score (nSPS) is 10.3. The van der Waals surface area contributed by atoms with E-state index in [0.717, 1.165) is 5.39 Å². The predicted octanol–water partition coefficient (Wildman–Crippen LogP) is 2.56. The van der Waals surface area contributed by atoms with Crippen LogP contribution >= 0.6 is 0 Å². The fraction of sp³-hybridized carbons (Fsp3) is 0.214. The number of hydrogen-bond acceptors (Lipinski definition) is 4. The third kappa shape index (κ3) is 2.27. The van der Waals surface area contributed by atoms with Gasteiger partial charge in [0.05, 0.1) is 26.9 Å². The molecule has 2 rings (SSSR count). The molecule has 5 nitrogen and oxygen atoms in total. The molecular weight excluding hydrogens is 248 g/mol. The molecule has 0 spiro atoms. The Labute approximate surface area is 110 Å². The van der Waals surface area contributed by atoms with Crippen molar-refractivity contribution in [1.29, 1.82) is 0 Å². The van der Waals surface area contributed by atoms with Gasteiger partial charge in [-0.15, -0.1) is 0 Å². The van der Waals surface area contributed by atoms with Gasteiger partial charge in [0, 0.05) is 16.8 Å². The molecule has 100 valence electrons. The molecule has 2 aromatic carbocycles. The van der Waals surface area contributed by atoms with E-state index in [4.69, 9.17) is 19.3 Å². The quantitative estimate of drug-likeness (QED) is 0.917. The lowest BCUT2D eigenvalue weighted by molar-refractivity contribution is 0.0696. The Morgan fingerprint density at radius 3 is 2.00 bits per heavy atom. The van der Waals surface area contributed by atoms with Gasteiger partial charge < -0.3 is 19.3 Å². The summed E-state index contributed by atoms with van der Waals surface area (Å²) in [6.07, 6.45) is 0. The number of carboxylic acid groups (broad SMARTS) is 1. The van der Waals surface area contributed by atoms with Gasteiger partial charge in [0.1, 0.15) is 17.2 Å². The minimum Gasteiger partial charge on any atom is -0.497 e. The molecule has 0 aliphatic rings. The maximum atomic E-state index is 11.1. The van der Waals surface area contributed by atoms with Crippen molar-refractivity contribution in [2.45, 2.75) is 0 Å². The van der Waals surface area contributed by atoms with E-state index in [9.17, 15) is 4.79 Å². The molecule has 0 aromatic heterocycles. The summed E-state index contributed by atoms with van der Waals surface area (Å²) in [6.45, 7) is 0. The van der Waals surface area contributed by atoms with Gasteiger partial charge in [0.2, 0.25) is 0 Å². The molecule has 0 aliphatic heterocycles. The van der Waals surface area contributed by atoms with Gasteiger partial charge in [-0.2, -0.15) is 0 Å². The Hall–Kier alpha value is -2.43. The summed E-state index contributed by atoms with van der Waals surface area (Å²) in [5, 5.41) is 10.5. The Balaban J connectivity index is 2.84. The summed E-state index contributed by atoms with van der Waals surface area (Å²) < 4.78 is 15.7. The van der Waals surface area contributed by atoms with Gasteiger partial charge in [-0.05, 0) is 18.2 Å². The smallest absolute Gasteiger partial charge is 0.335 e. The number of ether oxygens (including phenoxy) is 3. The Kier molecular flexibility index (Phi) is 3.46. The van der Waals surface area contributed by atoms with E-state index in [1.807, 2.05) is 0 Å². The lowest BCUT2D eigenvalue weighted by Gasteiger charge is -2.12. The maximum absolute atomic E-state index is 11.1. The van der Waals surface area contributed by atoms with Crippen LogP contribution < -0.4 is 14.2 Å². The minimum absolute atomic E-state index is 0.146. The van der Waals surface area contributed by atoms with Crippen LogP contribution in [0.1, 0.15) is 10.4 Å². The molecule has 0 bridgehead atoms. The van der Waals surface area contributed by atoms with Crippen LogP contribution in [0.25, 0.3) is 10.8 Å². The fourth-order valence-electron chi connectivity index (χ4n) is 1.95. The first-order valence-electron chi connectivity index (χ1n) is 5.57. The summed E-state index contributed by atoms with van der Waals surface area (Å²) in [7, 11) is 4.57. The summed E-state index contributed by atoms with van der Waals surface area (Å²) in [4.78, 5) is 11.1. The summed E-state index contributed by atoms with van der Waals surface area (Å²) >= 11 is 0. The van der Waals surface area contributed by atoms with Crippen molar-refractivity contribution in [1.82, 2.24) is 0 Å². The van der Waals surface area contributed by atoms with Crippen LogP contribution in [0.15, 0.2) is 24.3 Å². The van der Waals surface area contributed by atoms with E-state index in [0.29, 0.717) is 22.6 Å². The average Bonchev–Trinajstić information content (AvgIpc) is 2.44. The zero-order chi connectivity index (χ0) is 14.0. The van der Waals surface area contributed by atoms with E-state index >= 15 is 0 Å². The zero-order valence-electron chi connectivity index (χ0n) is 10.9. The standard InChI is InChI=1S/C14H14O5/c1-17-9-6-11-10(13(7-9)19-3)4-8(14(15)16)5-12(11)18-2/h4-7H,1-3H3,(H,15,16). The van der Waals surface area contributed by atoms with Crippen LogP contribution in [0.4, 0.5) is 0 Å². The van der Waals surface area contributed by atoms with Crippen molar-refractivity contribution >= 4 is 16.7 Å². The second kappa shape index (κ2) is 5.06. The number of aromatic carboxylic acids is 1. The molecule has 0 saturated carbocycles. The van der Waals surface area contributed by atoms with Crippen molar-refractivity contribution in [3.8, 4) is 17.2 Å². The van der Waals surface area contributed by atoms with E-state index in [1.165, 1.54) is 20.3 Å².